The number of hydrogen-bond acceptors (Lipinski definition) is 2. The third-order valence-electron chi connectivity index (χ3n) is 3.41. The Morgan fingerprint density at radius 2 is 2.07 bits per heavy atom. The number of likely N-dealkylation sites (N-methyl/N-ethyl adjacent to an activating group) is 1. The maximum atomic E-state index is 5.75. The summed E-state index contributed by atoms with van der Waals surface area (Å²) in [6.07, 6.45) is 7.13. The average molecular weight is 199 g/mol. The van der Waals surface area contributed by atoms with Gasteiger partial charge in [-0.3, -0.25) is 0 Å². The highest BCUT2D eigenvalue weighted by Gasteiger charge is 2.25. The molecule has 1 rings (SSSR count). The molecule has 2 nitrogen and oxygen atoms in total. The van der Waals surface area contributed by atoms with Crippen LogP contribution in [0, 0.1) is 5.92 Å². The predicted octanol–water partition coefficient (Wildman–Crippen LogP) is 2.58. The fraction of sp³-hybridized carbons (Fsp3) is 1.00. The van der Waals surface area contributed by atoms with Crippen LogP contribution in [-0.4, -0.2) is 25.8 Å². The van der Waals surface area contributed by atoms with Crippen LogP contribution in [0.4, 0.5) is 0 Å². The van der Waals surface area contributed by atoms with Crippen molar-refractivity contribution in [2.45, 2.75) is 58.1 Å². The van der Waals surface area contributed by atoms with Crippen molar-refractivity contribution in [1.82, 2.24) is 5.32 Å². The minimum absolute atomic E-state index is 0.408. The SMILES string of the molecule is CCOC(CC)C(CC1CCC1)NC. The van der Waals surface area contributed by atoms with Gasteiger partial charge in [0.1, 0.15) is 0 Å². The van der Waals surface area contributed by atoms with Gasteiger partial charge in [0.05, 0.1) is 6.10 Å². The Hall–Kier alpha value is -0.0800. The molecule has 0 bridgehead atoms. The van der Waals surface area contributed by atoms with Gasteiger partial charge in [-0.15, -0.1) is 0 Å². The van der Waals surface area contributed by atoms with Gasteiger partial charge in [0, 0.05) is 12.6 Å². The van der Waals surface area contributed by atoms with Crippen molar-refractivity contribution < 1.29 is 4.74 Å². The number of hydrogen-bond donors (Lipinski definition) is 1. The summed E-state index contributed by atoms with van der Waals surface area (Å²) < 4.78 is 5.75. The van der Waals surface area contributed by atoms with Crippen LogP contribution in [-0.2, 0) is 4.74 Å². The Morgan fingerprint density at radius 3 is 2.43 bits per heavy atom. The van der Waals surface area contributed by atoms with Crippen LogP contribution >= 0.6 is 0 Å². The molecule has 0 aliphatic heterocycles. The van der Waals surface area contributed by atoms with Gasteiger partial charge < -0.3 is 10.1 Å². The lowest BCUT2D eigenvalue weighted by Crippen LogP contribution is -2.41. The molecule has 0 spiro atoms. The zero-order valence-corrected chi connectivity index (χ0v) is 9.88. The zero-order valence-electron chi connectivity index (χ0n) is 9.88. The van der Waals surface area contributed by atoms with Gasteiger partial charge >= 0.3 is 0 Å². The summed E-state index contributed by atoms with van der Waals surface area (Å²) in [6.45, 7) is 5.13. The van der Waals surface area contributed by atoms with E-state index >= 15 is 0 Å². The molecule has 84 valence electrons. The molecule has 0 saturated heterocycles. The van der Waals surface area contributed by atoms with Crippen molar-refractivity contribution in [1.29, 1.82) is 0 Å². The normalized spacial score (nSPS) is 21.6. The first kappa shape index (κ1) is 12.0. The molecule has 1 aliphatic rings. The third-order valence-corrected chi connectivity index (χ3v) is 3.41. The van der Waals surface area contributed by atoms with E-state index in [-0.39, 0.29) is 0 Å². The maximum absolute atomic E-state index is 5.75. The zero-order chi connectivity index (χ0) is 10.4. The molecule has 1 aliphatic carbocycles. The minimum Gasteiger partial charge on any atom is -0.377 e. The monoisotopic (exact) mass is 199 g/mol. The van der Waals surface area contributed by atoms with Crippen molar-refractivity contribution in [2.24, 2.45) is 5.92 Å². The molecule has 2 atom stereocenters. The summed E-state index contributed by atoms with van der Waals surface area (Å²) in [6, 6.07) is 0.560. The highest BCUT2D eigenvalue weighted by molar-refractivity contribution is 4.81. The van der Waals surface area contributed by atoms with E-state index in [0.717, 1.165) is 18.9 Å². The maximum Gasteiger partial charge on any atom is 0.0725 e. The van der Waals surface area contributed by atoms with Gasteiger partial charge in [0.25, 0.3) is 0 Å². The van der Waals surface area contributed by atoms with Crippen LogP contribution in [0.2, 0.25) is 0 Å². The van der Waals surface area contributed by atoms with Crippen molar-refractivity contribution in [2.75, 3.05) is 13.7 Å². The van der Waals surface area contributed by atoms with Crippen LogP contribution in [0.3, 0.4) is 0 Å². The molecule has 0 aromatic rings. The summed E-state index contributed by atoms with van der Waals surface area (Å²) in [7, 11) is 2.06. The molecule has 0 aromatic carbocycles. The Kier molecular flexibility index (Phi) is 5.49. The second-order valence-corrected chi connectivity index (χ2v) is 4.33. The van der Waals surface area contributed by atoms with Crippen LogP contribution in [0.15, 0.2) is 0 Å². The Labute approximate surface area is 88.4 Å². The first-order valence-corrected chi connectivity index (χ1v) is 6.10. The van der Waals surface area contributed by atoms with E-state index in [2.05, 4.69) is 26.2 Å². The molecule has 2 heteroatoms. The van der Waals surface area contributed by atoms with Crippen LogP contribution < -0.4 is 5.32 Å². The smallest absolute Gasteiger partial charge is 0.0725 e. The Balaban J connectivity index is 2.32. The lowest BCUT2D eigenvalue weighted by atomic mass is 9.79. The van der Waals surface area contributed by atoms with Gasteiger partial charge in [-0.25, -0.2) is 0 Å². The van der Waals surface area contributed by atoms with Crippen molar-refractivity contribution in [3.05, 3.63) is 0 Å². The van der Waals surface area contributed by atoms with E-state index in [0.29, 0.717) is 12.1 Å². The summed E-state index contributed by atoms with van der Waals surface area (Å²) in [5, 5.41) is 3.41. The summed E-state index contributed by atoms with van der Waals surface area (Å²) in [5.74, 6) is 0.960. The van der Waals surface area contributed by atoms with E-state index in [1.165, 1.54) is 25.7 Å². The minimum atomic E-state index is 0.408. The Morgan fingerprint density at radius 1 is 1.36 bits per heavy atom. The number of ether oxygens (including phenoxy) is 1. The average Bonchev–Trinajstić information content (AvgIpc) is 2.14. The molecule has 14 heavy (non-hydrogen) atoms. The summed E-state index contributed by atoms with van der Waals surface area (Å²) >= 11 is 0. The second-order valence-electron chi connectivity index (χ2n) is 4.33. The highest BCUT2D eigenvalue weighted by Crippen LogP contribution is 2.31. The quantitative estimate of drug-likeness (QED) is 0.680. The standard InChI is InChI=1S/C12H25NO/c1-4-12(14-5-2)11(13-3)9-10-7-6-8-10/h10-13H,4-9H2,1-3H3. The second kappa shape index (κ2) is 6.41. The molecular weight excluding hydrogens is 174 g/mol. The summed E-state index contributed by atoms with van der Waals surface area (Å²) in [5.41, 5.74) is 0. The molecule has 1 N–H and O–H groups in total. The largest absolute Gasteiger partial charge is 0.377 e. The molecule has 0 heterocycles. The van der Waals surface area contributed by atoms with Gasteiger partial charge in [-0.2, -0.15) is 0 Å². The van der Waals surface area contributed by atoms with E-state index in [1.54, 1.807) is 0 Å². The van der Waals surface area contributed by atoms with Crippen molar-refractivity contribution in [3.8, 4) is 0 Å². The van der Waals surface area contributed by atoms with E-state index in [9.17, 15) is 0 Å². The fourth-order valence-corrected chi connectivity index (χ4v) is 2.28. The molecule has 0 aromatic heterocycles. The molecule has 0 amide bonds. The van der Waals surface area contributed by atoms with Crippen LogP contribution in [0.5, 0.6) is 0 Å². The van der Waals surface area contributed by atoms with Crippen molar-refractivity contribution in [3.63, 3.8) is 0 Å². The Bertz CT molecular complexity index is 145. The van der Waals surface area contributed by atoms with Gasteiger partial charge in [-0.1, -0.05) is 26.2 Å². The molecule has 0 radical (unpaired) electrons. The molecule has 1 saturated carbocycles. The molecular formula is C12H25NO. The van der Waals surface area contributed by atoms with E-state index in [4.69, 9.17) is 4.74 Å². The molecule has 1 fully saturated rings. The molecule has 2 unspecified atom stereocenters. The predicted molar refractivity (Wildman–Crippen MR) is 60.5 cm³/mol. The van der Waals surface area contributed by atoms with Crippen LogP contribution in [0.25, 0.3) is 0 Å². The number of nitrogens with one attached hydrogen (secondary N) is 1. The summed E-state index contributed by atoms with van der Waals surface area (Å²) in [4.78, 5) is 0. The van der Waals surface area contributed by atoms with Gasteiger partial charge in [0.2, 0.25) is 0 Å². The first-order valence-electron chi connectivity index (χ1n) is 6.10. The highest BCUT2D eigenvalue weighted by atomic mass is 16.5. The first-order chi connectivity index (χ1) is 6.81. The lowest BCUT2D eigenvalue weighted by molar-refractivity contribution is 0.0234. The van der Waals surface area contributed by atoms with E-state index in [1.807, 2.05) is 0 Å². The van der Waals surface area contributed by atoms with Crippen LogP contribution in [0.1, 0.15) is 46.0 Å². The van der Waals surface area contributed by atoms with Gasteiger partial charge in [-0.05, 0) is 32.7 Å². The van der Waals surface area contributed by atoms with Crippen molar-refractivity contribution >= 4 is 0 Å². The number of rotatable bonds is 7. The van der Waals surface area contributed by atoms with Gasteiger partial charge in [0.15, 0.2) is 0 Å². The van der Waals surface area contributed by atoms with E-state index < -0.39 is 0 Å². The fourth-order valence-electron chi connectivity index (χ4n) is 2.28. The lowest BCUT2D eigenvalue weighted by Gasteiger charge is -2.33. The topological polar surface area (TPSA) is 21.3 Å². The third kappa shape index (κ3) is 3.25.